The highest BCUT2D eigenvalue weighted by atomic mass is 79.9. The lowest BCUT2D eigenvalue weighted by Gasteiger charge is -2.16. The molecule has 2 unspecified atom stereocenters. The summed E-state index contributed by atoms with van der Waals surface area (Å²) in [5.74, 6) is 0.228. The highest BCUT2D eigenvalue weighted by Crippen LogP contribution is 2.26. The largest absolute Gasteiger partial charge is 0.394 e. The molecule has 106 valence electrons. The van der Waals surface area contributed by atoms with E-state index in [1.807, 2.05) is 0 Å². The van der Waals surface area contributed by atoms with Crippen molar-refractivity contribution < 1.29 is 10.2 Å². The van der Waals surface area contributed by atoms with Crippen LogP contribution >= 0.6 is 15.9 Å². The minimum absolute atomic E-state index is 0.125. The molecule has 2 atom stereocenters. The minimum Gasteiger partial charge on any atom is -0.394 e. The molecule has 1 aromatic heterocycles. The van der Waals surface area contributed by atoms with Gasteiger partial charge in [-0.3, -0.25) is 4.79 Å². The van der Waals surface area contributed by atoms with Crippen LogP contribution in [0.25, 0.3) is 0 Å². The second-order valence-electron chi connectivity index (χ2n) is 4.76. The van der Waals surface area contributed by atoms with Crippen LogP contribution in [0.4, 0.5) is 5.69 Å². The molecule has 0 aromatic carbocycles. The van der Waals surface area contributed by atoms with Crippen LogP contribution in [0, 0.1) is 5.92 Å². The molecule has 1 heterocycles. The molecular weight excluding hydrogens is 314 g/mol. The summed E-state index contributed by atoms with van der Waals surface area (Å²) in [5.41, 5.74) is 0.351. The van der Waals surface area contributed by atoms with Gasteiger partial charge in [-0.05, 0) is 28.8 Å². The molecule has 1 aliphatic carbocycles. The van der Waals surface area contributed by atoms with Crippen LogP contribution in [0.2, 0.25) is 0 Å². The summed E-state index contributed by atoms with van der Waals surface area (Å²) in [6, 6.07) is 0. The van der Waals surface area contributed by atoms with Crippen molar-refractivity contribution in [2.75, 3.05) is 18.5 Å². The van der Waals surface area contributed by atoms with Gasteiger partial charge in [0.1, 0.15) is 4.47 Å². The van der Waals surface area contributed by atoms with Crippen molar-refractivity contribution in [3.05, 3.63) is 21.0 Å². The topological polar surface area (TPSA) is 87.4 Å². The first-order valence-corrected chi connectivity index (χ1v) is 7.21. The Morgan fingerprint density at radius 2 is 2.32 bits per heavy atom. The monoisotopic (exact) mass is 331 g/mol. The van der Waals surface area contributed by atoms with Crippen LogP contribution in [-0.2, 0) is 6.54 Å². The predicted molar refractivity (Wildman–Crippen MR) is 75.1 cm³/mol. The SMILES string of the molecule is O=c1c(Br)c(NCC2CCCC2O)cnn1CCO. The molecule has 0 bridgehead atoms. The molecule has 2 rings (SSSR count). The van der Waals surface area contributed by atoms with Gasteiger partial charge in [-0.1, -0.05) is 6.42 Å². The fourth-order valence-electron chi connectivity index (χ4n) is 2.34. The second-order valence-corrected chi connectivity index (χ2v) is 5.56. The van der Waals surface area contributed by atoms with Gasteiger partial charge in [0.15, 0.2) is 0 Å². The summed E-state index contributed by atoms with van der Waals surface area (Å²) in [6.45, 7) is 0.685. The minimum atomic E-state index is -0.272. The Kier molecular flexibility index (Phi) is 4.95. The number of nitrogens with zero attached hydrogens (tertiary/aromatic N) is 2. The van der Waals surface area contributed by atoms with Crippen molar-refractivity contribution in [2.24, 2.45) is 5.92 Å². The molecule has 1 aliphatic rings. The lowest BCUT2D eigenvalue weighted by atomic mass is 10.1. The number of aliphatic hydroxyl groups is 2. The summed E-state index contributed by atoms with van der Waals surface area (Å²) >= 11 is 3.25. The maximum absolute atomic E-state index is 11.9. The number of hydrogen-bond donors (Lipinski definition) is 3. The lowest BCUT2D eigenvalue weighted by Crippen LogP contribution is -2.27. The molecule has 1 saturated carbocycles. The van der Waals surface area contributed by atoms with Crippen LogP contribution < -0.4 is 10.9 Å². The number of halogens is 1. The zero-order valence-corrected chi connectivity index (χ0v) is 12.1. The average molecular weight is 332 g/mol. The Balaban J connectivity index is 2.04. The third-order valence-corrected chi connectivity index (χ3v) is 4.24. The number of aromatic nitrogens is 2. The highest BCUT2D eigenvalue weighted by molar-refractivity contribution is 9.10. The molecule has 19 heavy (non-hydrogen) atoms. The van der Waals surface area contributed by atoms with Gasteiger partial charge in [-0.2, -0.15) is 5.10 Å². The molecule has 1 aromatic rings. The Morgan fingerprint density at radius 3 is 2.95 bits per heavy atom. The zero-order chi connectivity index (χ0) is 13.8. The fourth-order valence-corrected chi connectivity index (χ4v) is 2.79. The Bertz CT molecular complexity index is 492. The Morgan fingerprint density at radius 1 is 1.53 bits per heavy atom. The van der Waals surface area contributed by atoms with Gasteiger partial charge >= 0.3 is 0 Å². The normalized spacial score (nSPS) is 22.7. The van der Waals surface area contributed by atoms with E-state index in [1.54, 1.807) is 6.20 Å². The first kappa shape index (κ1) is 14.5. The van der Waals surface area contributed by atoms with E-state index in [0.29, 0.717) is 16.7 Å². The van der Waals surface area contributed by atoms with Crippen LogP contribution in [-0.4, -0.2) is 39.2 Å². The molecule has 0 aliphatic heterocycles. The second kappa shape index (κ2) is 6.49. The average Bonchev–Trinajstić information content (AvgIpc) is 2.80. The van der Waals surface area contributed by atoms with E-state index in [-0.39, 0.29) is 30.7 Å². The van der Waals surface area contributed by atoms with E-state index in [2.05, 4.69) is 26.3 Å². The van der Waals surface area contributed by atoms with Gasteiger partial charge in [0.05, 0.1) is 31.1 Å². The van der Waals surface area contributed by atoms with Crippen LogP contribution in [0.3, 0.4) is 0 Å². The molecule has 6 nitrogen and oxygen atoms in total. The highest BCUT2D eigenvalue weighted by Gasteiger charge is 2.25. The van der Waals surface area contributed by atoms with E-state index >= 15 is 0 Å². The third kappa shape index (κ3) is 3.34. The third-order valence-electron chi connectivity index (χ3n) is 3.47. The van der Waals surface area contributed by atoms with Gasteiger partial charge in [-0.25, -0.2) is 4.68 Å². The maximum atomic E-state index is 11.9. The van der Waals surface area contributed by atoms with E-state index < -0.39 is 0 Å². The van der Waals surface area contributed by atoms with Gasteiger partial charge in [-0.15, -0.1) is 0 Å². The number of rotatable bonds is 5. The number of anilines is 1. The quantitative estimate of drug-likeness (QED) is 0.734. The van der Waals surface area contributed by atoms with Crippen molar-refractivity contribution in [1.29, 1.82) is 0 Å². The van der Waals surface area contributed by atoms with E-state index in [4.69, 9.17) is 5.11 Å². The molecule has 1 fully saturated rings. The number of nitrogens with one attached hydrogen (secondary N) is 1. The maximum Gasteiger partial charge on any atom is 0.283 e. The predicted octanol–water partition coefficient (Wildman–Crippen LogP) is 0.571. The molecule has 0 spiro atoms. The van der Waals surface area contributed by atoms with E-state index in [9.17, 15) is 9.90 Å². The summed E-state index contributed by atoms with van der Waals surface area (Å²) in [6.07, 6.45) is 4.20. The number of aliphatic hydroxyl groups excluding tert-OH is 2. The van der Waals surface area contributed by atoms with E-state index in [1.165, 1.54) is 4.68 Å². The van der Waals surface area contributed by atoms with Crippen LogP contribution in [0.5, 0.6) is 0 Å². The van der Waals surface area contributed by atoms with Crippen molar-refractivity contribution in [3.8, 4) is 0 Å². The van der Waals surface area contributed by atoms with Crippen LogP contribution in [0.1, 0.15) is 19.3 Å². The first-order valence-electron chi connectivity index (χ1n) is 6.42. The Labute approximate surface area is 119 Å². The van der Waals surface area contributed by atoms with Gasteiger partial charge in [0, 0.05) is 12.5 Å². The molecule has 0 amide bonds. The van der Waals surface area contributed by atoms with E-state index in [0.717, 1.165) is 19.3 Å². The van der Waals surface area contributed by atoms with Gasteiger partial charge in [0.2, 0.25) is 0 Å². The molecule has 7 heteroatoms. The molecular formula is C12H18BrN3O3. The lowest BCUT2D eigenvalue weighted by molar-refractivity contribution is 0.138. The van der Waals surface area contributed by atoms with Crippen molar-refractivity contribution in [1.82, 2.24) is 9.78 Å². The van der Waals surface area contributed by atoms with Gasteiger partial charge < -0.3 is 15.5 Å². The Hall–Kier alpha value is -0.920. The summed E-state index contributed by atoms with van der Waals surface area (Å²) in [5, 5.41) is 25.7. The standard InChI is InChI=1S/C12H18BrN3O3/c13-11-9(7-15-16(4-5-17)12(11)19)14-6-8-2-1-3-10(8)18/h7-8,10,14,17-18H,1-6H2. The van der Waals surface area contributed by atoms with Gasteiger partial charge in [0.25, 0.3) is 5.56 Å². The summed E-state index contributed by atoms with van der Waals surface area (Å²) < 4.78 is 1.61. The smallest absolute Gasteiger partial charge is 0.283 e. The van der Waals surface area contributed by atoms with Crippen molar-refractivity contribution in [3.63, 3.8) is 0 Å². The zero-order valence-electron chi connectivity index (χ0n) is 10.5. The number of hydrogen-bond acceptors (Lipinski definition) is 5. The fraction of sp³-hybridized carbons (Fsp3) is 0.667. The molecule has 0 radical (unpaired) electrons. The first-order chi connectivity index (χ1) is 9.13. The molecule has 3 N–H and O–H groups in total. The summed E-state index contributed by atoms with van der Waals surface area (Å²) in [7, 11) is 0. The summed E-state index contributed by atoms with van der Waals surface area (Å²) in [4.78, 5) is 11.9. The molecule has 0 saturated heterocycles. The van der Waals surface area contributed by atoms with Crippen molar-refractivity contribution in [2.45, 2.75) is 31.9 Å². The van der Waals surface area contributed by atoms with Crippen molar-refractivity contribution >= 4 is 21.6 Å². The van der Waals surface area contributed by atoms with Crippen LogP contribution in [0.15, 0.2) is 15.5 Å².